The van der Waals surface area contributed by atoms with Crippen LogP contribution in [0.5, 0.6) is 0 Å². The van der Waals surface area contributed by atoms with E-state index in [2.05, 4.69) is 15.3 Å². The van der Waals surface area contributed by atoms with Crippen molar-refractivity contribution in [2.75, 3.05) is 11.9 Å². The lowest BCUT2D eigenvalue weighted by molar-refractivity contribution is -0.137. The van der Waals surface area contributed by atoms with Crippen molar-refractivity contribution in [3.63, 3.8) is 0 Å². The minimum Gasteiger partial charge on any atom is -0.481 e. The van der Waals surface area contributed by atoms with Gasteiger partial charge in [0.2, 0.25) is 0 Å². The number of hydrogen-bond acceptors (Lipinski definition) is 4. The molecule has 17 heavy (non-hydrogen) atoms. The molecule has 1 heterocycles. The number of nitrogens with one attached hydrogen (secondary N) is 1. The molecule has 0 aliphatic heterocycles. The average Bonchev–Trinajstić information content (AvgIpc) is 2.28. The van der Waals surface area contributed by atoms with Gasteiger partial charge >= 0.3 is 5.97 Å². The molecular formula is C11H16FN3O2. The Balaban J connectivity index is 2.44. The monoisotopic (exact) mass is 241 g/mol. The van der Waals surface area contributed by atoms with Crippen LogP contribution in [0.15, 0.2) is 6.33 Å². The van der Waals surface area contributed by atoms with Gasteiger partial charge < -0.3 is 10.4 Å². The van der Waals surface area contributed by atoms with Gasteiger partial charge in [0.25, 0.3) is 0 Å². The van der Waals surface area contributed by atoms with E-state index in [0.717, 1.165) is 0 Å². The molecule has 0 aliphatic carbocycles. The molecule has 1 atom stereocenters. The van der Waals surface area contributed by atoms with Crippen LogP contribution in [0, 0.1) is 18.7 Å². The zero-order chi connectivity index (χ0) is 12.8. The Morgan fingerprint density at radius 1 is 1.59 bits per heavy atom. The molecule has 2 N–H and O–H groups in total. The SMILES string of the molecule is Cc1ncnc(NCC(C)CCC(=O)O)c1F. The second-order valence-electron chi connectivity index (χ2n) is 4.04. The second-order valence-corrected chi connectivity index (χ2v) is 4.04. The van der Waals surface area contributed by atoms with Crippen LogP contribution in [0.1, 0.15) is 25.5 Å². The summed E-state index contributed by atoms with van der Waals surface area (Å²) >= 11 is 0. The van der Waals surface area contributed by atoms with E-state index in [-0.39, 0.29) is 18.2 Å². The lowest BCUT2D eigenvalue weighted by Crippen LogP contribution is -2.15. The highest BCUT2D eigenvalue weighted by Gasteiger charge is 2.09. The second kappa shape index (κ2) is 6.12. The minimum absolute atomic E-state index is 0.119. The van der Waals surface area contributed by atoms with Crippen molar-refractivity contribution in [3.8, 4) is 0 Å². The number of nitrogens with zero attached hydrogens (tertiary/aromatic N) is 2. The highest BCUT2D eigenvalue weighted by molar-refractivity contribution is 5.66. The summed E-state index contributed by atoms with van der Waals surface area (Å²) in [6.45, 7) is 3.96. The third-order valence-corrected chi connectivity index (χ3v) is 2.43. The highest BCUT2D eigenvalue weighted by atomic mass is 19.1. The first-order chi connectivity index (χ1) is 8.00. The number of aliphatic carboxylic acids is 1. The van der Waals surface area contributed by atoms with Crippen LogP contribution in [0.3, 0.4) is 0 Å². The third kappa shape index (κ3) is 4.34. The number of hydrogen-bond donors (Lipinski definition) is 2. The fourth-order valence-corrected chi connectivity index (χ4v) is 1.32. The summed E-state index contributed by atoms with van der Waals surface area (Å²) in [6.07, 6.45) is 1.96. The van der Waals surface area contributed by atoms with E-state index in [1.807, 2.05) is 6.92 Å². The Morgan fingerprint density at radius 3 is 2.94 bits per heavy atom. The van der Waals surface area contributed by atoms with E-state index >= 15 is 0 Å². The number of rotatable bonds is 6. The summed E-state index contributed by atoms with van der Waals surface area (Å²) in [5, 5.41) is 11.4. The standard InChI is InChI=1S/C11H16FN3O2/c1-7(3-4-9(16)17)5-13-11-10(12)8(2)14-6-15-11/h6-7H,3-5H2,1-2H3,(H,16,17)(H,13,14,15). The van der Waals surface area contributed by atoms with E-state index in [1.54, 1.807) is 6.92 Å². The van der Waals surface area contributed by atoms with Crippen molar-refractivity contribution in [1.29, 1.82) is 0 Å². The number of aromatic nitrogens is 2. The van der Waals surface area contributed by atoms with Crippen molar-refractivity contribution in [2.45, 2.75) is 26.7 Å². The maximum absolute atomic E-state index is 13.5. The molecule has 0 saturated heterocycles. The molecule has 1 rings (SSSR count). The average molecular weight is 241 g/mol. The van der Waals surface area contributed by atoms with Gasteiger partial charge in [0.1, 0.15) is 6.33 Å². The quantitative estimate of drug-likeness (QED) is 0.794. The Bertz CT molecular complexity index is 398. The summed E-state index contributed by atoms with van der Waals surface area (Å²) in [4.78, 5) is 17.9. The van der Waals surface area contributed by atoms with Crippen molar-refractivity contribution in [2.24, 2.45) is 5.92 Å². The van der Waals surface area contributed by atoms with E-state index < -0.39 is 11.8 Å². The van der Waals surface area contributed by atoms with Gasteiger partial charge in [0, 0.05) is 13.0 Å². The number of carbonyl (C=O) groups is 1. The van der Waals surface area contributed by atoms with E-state index in [4.69, 9.17) is 5.11 Å². The topological polar surface area (TPSA) is 75.1 Å². The molecular weight excluding hydrogens is 225 g/mol. The Hall–Kier alpha value is -1.72. The van der Waals surface area contributed by atoms with Gasteiger partial charge in [0.15, 0.2) is 11.6 Å². The van der Waals surface area contributed by atoms with Crippen LogP contribution in [-0.4, -0.2) is 27.6 Å². The van der Waals surface area contributed by atoms with Crippen LogP contribution in [0.4, 0.5) is 10.2 Å². The normalized spacial score (nSPS) is 12.2. The van der Waals surface area contributed by atoms with Crippen LogP contribution in [0.2, 0.25) is 0 Å². The van der Waals surface area contributed by atoms with Gasteiger partial charge in [-0.2, -0.15) is 0 Å². The predicted octanol–water partition coefficient (Wildman–Crippen LogP) is 1.84. The number of aryl methyl sites for hydroxylation is 1. The molecule has 1 aromatic rings. The Kier molecular flexibility index (Phi) is 4.81. The summed E-state index contributed by atoms with van der Waals surface area (Å²) < 4.78 is 13.5. The minimum atomic E-state index is -0.819. The van der Waals surface area contributed by atoms with Crippen molar-refractivity contribution in [3.05, 3.63) is 17.8 Å². The summed E-state index contributed by atoms with van der Waals surface area (Å²) in [5.41, 5.74) is 0.292. The zero-order valence-electron chi connectivity index (χ0n) is 9.90. The molecule has 0 spiro atoms. The number of halogens is 1. The maximum atomic E-state index is 13.5. The molecule has 5 nitrogen and oxygen atoms in total. The number of anilines is 1. The lowest BCUT2D eigenvalue weighted by Gasteiger charge is -2.12. The first-order valence-electron chi connectivity index (χ1n) is 5.43. The first kappa shape index (κ1) is 13.3. The van der Waals surface area contributed by atoms with Gasteiger partial charge in [-0.15, -0.1) is 0 Å². The molecule has 0 amide bonds. The van der Waals surface area contributed by atoms with E-state index in [1.165, 1.54) is 6.33 Å². The van der Waals surface area contributed by atoms with Crippen LogP contribution in [-0.2, 0) is 4.79 Å². The third-order valence-electron chi connectivity index (χ3n) is 2.43. The van der Waals surface area contributed by atoms with Gasteiger partial charge in [-0.05, 0) is 19.3 Å². The fraction of sp³-hybridized carbons (Fsp3) is 0.545. The van der Waals surface area contributed by atoms with Crippen molar-refractivity contribution >= 4 is 11.8 Å². The molecule has 0 aliphatic rings. The smallest absolute Gasteiger partial charge is 0.303 e. The Morgan fingerprint density at radius 2 is 2.29 bits per heavy atom. The predicted molar refractivity (Wildman–Crippen MR) is 61.3 cm³/mol. The molecule has 0 fully saturated rings. The number of carboxylic acid groups (broad SMARTS) is 1. The fourth-order valence-electron chi connectivity index (χ4n) is 1.32. The van der Waals surface area contributed by atoms with Gasteiger partial charge in [-0.3, -0.25) is 4.79 Å². The number of carboxylic acids is 1. The van der Waals surface area contributed by atoms with E-state index in [0.29, 0.717) is 18.7 Å². The summed E-state index contributed by atoms with van der Waals surface area (Å²) in [7, 11) is 0. The van der Waals surface area contributed by atoms with Crippen molar-refractivity contribution in [1.82, 2.24) is 9.97 Å². The summed E-state index contributed by atoms with van der Waals surface area (Å²) in [5.74, 6) is -0.973. The Labute approximate surface area is 99.1 Å². The van der Waals surface area contributed by atoms with Crippen LogP contribution < -0.4 is 5.32 Å². The molecule has 1 aromatic heterocycles. The molecule has 94 valence electrons. The molecule has 0 radical (unpaired) electrons. The first-order valence-corrected chi connectivity index (χ1v) is 5.43. The summed E-state index contributed by atoms with van der Waals surface area (Å²) in [6, 6.07) is 0. The lowest BCUT2D eigenvalue weighted by atomic mass is 10.1. The van der Waals surface area contributed by atoms with Gasteiger partial charge in [0.05, 0.1) is 5.69 Å². The van der Waals surface area contributed by atoms with Gasteiger partial charge in [-0.1, -0.05) is 6.92 Å². The van der Waals surface area contributed by atoms with Gasteiger partial charge in [-0.25, -0.2) is 14.4 Å². The molecule has 0 bridgehead atoms. The molecule has 1 unspecified atom stereocenters. The largest absolute Gasteiger partial charge is 0.481 e. The highest BCUT2D eigenvalue weighted by Crippen LogP contribution is 2.13. The van der Waals surface area contributed by atoms with E-state index in [9.17, 15) is 9.18 Å². The molecule has 0 aromatic carbocycles. The molecule has 6 heteroatoms. The van der Waals surface area contributed by atoms with Crippen LogP contribution in [0.25, 0.3) is 0 Å². The molecule has 0 saturated carbocycles. The zero-order valence-corrected chi connectivity index (χ0v) is 9.90. The maximum Gasteiger partial charge on any atom is 0.303 e. The van der Waals surface area contributed by atoms with Crippen LogP contribution >= 0.6 is 0 Å². The van der Waals surface area contributed by atoms with Crippen molar-refractivity contribution < 1.29 is 14.3 Å².